The summed E-state index contributed by atoms with van der Waals surface area (Å²) in [6.45, 7) is 0.905. The Balaban J connectivity index is 1.99. The minimum Gasteiger partial charge on any atom is -0.491 e. The molecular weight excluding hydrogens is 246 g/mol. The summed E-state index contributed by atoms with van der Waals surface area (Å²) in [5.74, 6) is 0.458. The smallest absolute Gasteiger partial charge is 0.233 e. The predicted molar refractivity (Wildman–Crippen MR) is 71.0 cm³/mol. The normalized spacial score (nSPS) is 13.8. The maximum absolute atomic E-state index is 11.4. The minimum atomic E-state index is -0.175. The van der Waals surface area contributed by atoms with Gasteiger partial charge in [0.1, 0.15) is 5.75 Å². The fraction of sp³-hybridized carbons (Fsp3) is 0.385. The number of benzene rings is 1. The molecule has 6 heteroatoms. The predicted octanol–water partition coefficient (Wildman–Crippen LogP) is 0.0250. The molecule has 0 unspecified atom stereocenters. The number of nitrogens with two attached hydrogens (primary N) is 1. The Morgan fingerprint density at radius 3 is 3.11 bits per heavy atom. The number of rotatable bonds is 4. The van der Waals surface area contributed by atoms with Crippen LogP contribution in [0, 0.1) is 0 Å². The molecule has 0 spiro atoms. The van der Waals surface area contributed by atoms with Gasteiger partial charge in [0.2, 0.25) is 11.8 Å². The van der Waals surface area contributed by atoms with Crippen molar-refractivity contribution in [2.75, 3.05) is 25.0 Å². The number of hydrogen-bond acceptors (Lipinski definition) is 4. The van der Waals surface area contributed by atoms with Crippen LogP contribution in [0.1, 0.15) is 12.0 Å². The SMILES string of the molecule is NCC(=O)NCCc1ccc2c(c1)NC(=O)CCO2. The van der Waals surface area contributed by atoms with E-state index in [-0.39, 0.29) is 18.4 Å². The van der Waals surface area contributed by atoms with E-state index in [0.717, 1.165) is 5.56 Å². The van der Waals surface area contributed by atoms with E-state index in [1.54, 1.807) is 0 Å². The summed E-state index contributed by atoms with van der Waals surface area (Å²) in [6.07, 6.45) is 1.03. The number of ether oxygens (including phenoxy) is 1. The lowest BCUT2D eigenvalue weighted by Crippen LogP contribution is -2.31. The third kappa shape index (κ3) is 3.69. The van der Waals surface area contributed by atoms with Crippen molar-refractivity contribution >= 4 is 17.5 Å². The van der Waals surface area contributed by atoms with Crippen LogP contribution in [0.5, 0.6) is 5.75 Å². The summed E-state index contributed by atoms with van der Waals surface area (Å²) in [7, 11) is 0. The molecule has 0 saturated heterocycles. The largest absolute Gasteiger partial charge is 0.491 e. The number of hydrogen-bond donors (Lipinski definition) is 3. The van der Waals surface area contributed by atoms with Crippen LogP contribution >= 0.6 is 0 Å². The van der Waals surface area contributed by atoms with Crippen molar-refractivity contribution in [1.82, 2.24) is 5.32 Å². The fourth-order valence-electron chi connectivity index (χ4n) is 1.84. The molecule has 0 radical (unpaired) electrons. The van der Waals surface area contributed by atoms with Gasteiger partial charge in [-0.05, 0) is 24.1 Å². The van der Waals surface area contributed by atoms with Crippen LogP contribution in [0.15, 0.2) is 18.2 Å². The van der Waals surface area contributed by atoms with Gasteiger partial charge in [0.15, 0.2) is 0 Å². The summed E-state index contributed by atoms with van der Waals surface area (Å²) >= 11 is 0. The topological polar surface area (TPSA) is 93.5 Å². The molecule has 1 aromatic rings. The summed E-state index contributed by atoms with van der Waals surface area (Å²) in [5, 5.41) is 5.50. The molecule has 2 amide bonds. The fourth-order valence-corrected chi connectivity index (χ4v) is 1.84. The second kappa shape index (κ2) is 6.19. The molecule has 2 rings (SSSR count). The van der Waals surface area contributed by atoms with Crippen LogP contribution < -0.4 is 21.1 Å². The maximum Gasteiger partial charge on any atom is 0.233 e. The van der Waals surface area contributed by atoms with Crippen molar-refractivity contribution in [3.05, 3.63) is 23.8 Å². The zero-order valence-corrected chi connectivity index (χ0v) is 10.6. The van der Waals surface area contributed by atoms with E-state index >= 15 is 0 Å². The molecule has 1 aliphatic heterocycles. The first kappa shape index (κ1) is 13.4. The Kier molecular flexibility index (Phi) is 4.35. The highest BCUT2D eigenvalue weighted by molar-refractivity contribution is 5.93. The Morgan fingerprint density at radius 1 is 1.47 bits per heavy atom. The molecule has 19 heavy (non-hydrogen) atoms. The molecular formula is C13H17N3O3. The van der Waals surface area contributed by atoms with Crippen molar-refractivity contribution in [2.24, 2.45) is 5.73 Å². The van der Waals surface area contributed by atoms with E-state index in [0.29, 0.717) is 37.4 Å². The standard InChI is InChI=1S/C13H17N3O3/c14-8-13(18)15-5-3-9-1-2-11-10(7-9)16-12(17)4-6-19-11/h1-2,7H,3-6,8,14H2,(H,15,18)(H,16,17). The van der Waals surface area contributed by atoms with Crippen molar-refractivity contribution in [2.45, 2.75) is 12.8 Å². The number of nitrogens with one attached hydrogen (secondary N) is 2. The molecule has 0 fully saturated rings. The molecule has 1 aromatic carbocycles. The van der Waals surface area contributed by atoms with Gasteiger partial charge in [-0.2, -0.15) is 0 Å². The van der Waals surface area contributed by atoms with E-state index in [4.69, 9.17) is 10.5 Å². The van der Waals surface area contributed by atoms with Crippen LogP contribution in [0.2, 0.25) is 0 Å². The highest BCUT2D eigenvalue weighted by Crippen LogP contribution is 2.28. The van der Waals surface area contributed by atoms with E-state index in [9.17, 15) is 9.59 Å². The molecule has 0 atom stereocenters. The Hall–Kier alpha value is -2.08. The second-order valence-electron chi connectivity index (χ2n) is 4.28. The molecule has 6 nitrogen and oxygen atoms in total. The summed E-state index contributed by atoms with van der Waals surface area (Å²) in [4.78, 5) is 22.4. The van der Waals surface area contributed by atoms with E-state index < -0.39 is 0 Å². The first-order valence-corrected chi connectivity index (χ1v) is 6.21. The second-order valence-corrected chi connectivity index (χ2v) is 4.28. The quantitative estimate of drug-likeness (QED) is 0.714. The molecule has 1 aliphatic rings. The van der Waals surface area contributed by atoms with Gasteiger partial charge in [-0.25, -0.2) is 0 Å². The van der Waals surface area contributed by atoms with Gasteiger partial charge in [-0.1, -0.05) is 6.07 Å². The average Bonchev–Trinajstić information content (AvgIpc) is 2.58. The van der Waals surface area contributed by atoms with E-state index in [1.807, 2.05) is 18.2 Å². The first-order chi connectivity index (χ1) is 9.19. The van der Waals surface area contributed by atoms with Gasteiger partial charge < -0.3 is 21.1 Å². The third-order valence-electron chi connectivity index (χ3n) is 2.83. The van der Waals surface area contributed by atoms with Gasteiger partial charge in [0, 0.05) is 6.54 Å². The maximum atomic E-state index is 11.4. The van der Waals surface area contributed by atoms with Gasteiger partial charge in [-0.15, -0.1) is 0 Å². The van der Waals surface area contributed by atoms with Crippen molar-refractivity contribution < 1.29 is 14.3 Å². The number of amides is 2. The molecule has 4 N–H and O–H groups in total. The van der Waals surface area contributed by atoms with E-state index in [2.05, 4.69) is 10.6 Å². The summed E-state index contributed by atoms with van der Waals surface area (Å²) in [5.41, 5.74) is 6.90. The molecule has 0 bridgehead atoms. The van der Waals surface area contributed by atoms with E-state index in [1.165, 1.54) is 0 Å². The summed E-state index contributed by atoms with van der Waals surface area (Å²) < 4.78 is 5.46. The number of anilines is 1. The average molecular weight is 263 g/mol. The van der Waals surface area contributed by atoms with Gasteiger partial charge >= 0.3 is 0 Å². The molecule has 0 aliphatic carbocycles. The lowest BCUT2D eigenvalue weighted by molar-refractivity contribution is -0.119. The molecule has 0 saturated carbocycles. The zero-order chi connectivity index (χ0) is 13.7. The van der Waals surface area contributed by atoms with Gasteiger partial charge in [0.25, 0.3) is 0 Å². The first-order valence-electron chi connectivity index (χ1n) is 6.21. The van der Waals surface area contributed by atoms with Gasteiger partial charge in [-0.3, -0.25) is 9.59 Å². The van der Waals surface area contributed by atoms with Crippen LogP contribution in [-0.4, -0.2) is 31.5 Å². The van der Waals surface area contributed by atoms with Gasteiger partial charge in [0.05, 0.1) is 25.3 Å². The third-order valence-corrected chi connectivity index (χ3v) is 2.83. The number of carbonyl (C=O) groups is 2. The summed E-state index contributed by atoms with van der Waals surface area (Å²) in [6, 6.07) is 5.62. The van der Waals surface area contributed by atoms with Crippen LogP contribution in [0.25, 0.3) is 0 Å². The Labute approximate surface area is 111 Å². The number of fused-ring (bicyclic) bond motifs is 1. The van der Waals surface area contributed by atoms with Crippen molar-refractivity contribution in [3.63, 3.8) is 0 Å². The Morgan fingerprint density at radius 2 is 2.32 bits per heavy atom. The lowest BCUT2D eigenvalue weighted by Gasteiger charge is -2.09. The van der Waals surface area contributed by atoms with Crippen LogP contribution in [-0.2, 0) is 16.0 Å². The van der Waals surface area contributed by atoms with Crippen molar-refractivity contribution in [1.29, 1.82) is 0 Å². The molecule has 102 valence electrons. The molecule has 1 heterocycles. The van der Waals surface area contributed by atoms with Crippen LogP contribution in [0.4, 0.5) is 5.69 Å². The molecule has 0 aromatic heterocycles. The van der Waals surface area contributed by atoms with Crippen LogP contribution in [0.3, 0.4) is 0 Å². The minimum absolute atomic E-state index is 0.00587. The highest BCUT2D eigenvalue weighted by Gasteiger charge is 2.13. The Bertz CT molecular complexity index is 488. The number of carbonyl (C=O) groups excluding carboxylic acids is 2. The van der Waals surface area contributed by atoms with Crippen molar-refractivity contribution in [3.8, 4) is 5.75 Å². The monoisotopic (exact) mass is 263 g/mol. The zero-order valence-electron chi connectivity index (χ0n) is 10.6. The lowest BCUT2D eigenvalue weighted by atomic mass is 10.1. The highest BCUT2D eigenvalue weighted by atomic mass is 16.5.